The van der Waals surface area contributed by atoms with E-state index in [1.54, 1.807) is 12.1 Å². The van der Waals surface area contributed by atoms with E-state index in [0.717, 1.165) is 0 Å². The normalized spacial score (nSPS) is 10.5. The summed E-state index contributed by atoms with van der Waals surface area (Å²) in [7, 11) is 0. The number of nitrogens with zero attached hydrogens (tertiary/aromatic N) is 2. The van der Waals surface area contributed by atoms with Crippen LogP contribution >= 0.6 is 0 Å². The molecular weight excluding hydrogens is 192 g/mol. The number of Topliss-reactive ketones (excluding diaryl/α,β-unsaturated/α-hetero) is 1. The SMILES string of the molecule is CC(=O)c1nc2ccccc2n1C(C)=O. The van der Waals surface area contributed by atoms with E-state index in [2.05, 4.69) is 4.98 Å². The molecule has 1 aromatic heterocycles. The van der Waals surface area contributed by atoms with Gasteiger partial charge in [-0.05, 0) is 12.1 Å². The van der Waals surface area contributed by atoms with Crippen molar-refractivity contribution in [1.82, 2.24) is 9.55 Å². The lowest BCUT2D eigenvalue weighted by Crippen LogP contribution is -2.13. The number of benzene rings is 1. The van der Waals surface area contributed by atoms with E-state index in [9.17, 15) is 9.59 Å². The largest absolute Gasteiger partial charge is 0.291 e. The van der Waals surface area contributed by atoms with E-state index < -0.39 is 0 Å². The highest BCUT2D eigenvalue weighted by Crippen LogP contribution is 2.15. The van der Waals surface area contributed by atoms with Crippen molar-refractivity contribution in [3.8, 4) is 0 Å². The summed E-state index contributed by atoms with van der Waals surface area (Å²) in [5, 5.41) is 0. The molecule has 76 valence electrons. The van der Waals surface area contributed by atoms with E-state index in [4.69, 9.17) is 0 Å². The second-order valence-corrected chi connectivity index (χ2v) is 3.33. The highest BCUT2D eigenvalue weighted by atomic mass is 16.2. The Labute approximate surface area is 86.5 Å². The minimum Gasteiger partial charge on any atom is -0.291 e. The Bertz CT molecular complexity index is 555. The van der Waals surface area contributed by atoms with E-state index in [0.29, 0.717) is 11.0 Å². The molecule has 2 aromatic rings. The summed E-state index contributed by atoms with van der Waals surface area (Å²) in [6, 6.07) is 7.19. The van der Waals surface area contributed by atoms with Crippen LogP contribution in [0.4, 0.5) is 0 Å². The van der Waals surface area contributed by atoms with Gasteiger partial charge in [-0.3, -0.25) is 14.2 Å². The van der Waals surface area contributed by atoms with Gasteiger partial charge in [0.15, 0.2) is 11.6 Å². The van der Waals surface area contributed by atoms with Crippen molar-refractivity contribution < 1.29 is 9.59 Å². The molecule has 0 saturated carbocycles. The van der Waals surface area contributed by atoms with Gasteiger partial charge in [0.05, 0.1) is 11.0 Å². The molecule has 0 aliphatic heterocycles. The van der Waals surface area contributed by atoms with Crippen molar-refractivity contribution >= 4 is 22.7 Å². The first-order chi connectivity index (χ1) is 7.11. The molecule has 0 saturated heterocycles. The number of carbonyl (C=O) groups is 2. The molecule has 0 radical (unpaired) electrons. The molecule has 0 aliphatic carbocycles. The fourth-order valence-corrected chi connectivity index (χ4v) is 1.58. The first-order valence-corrected chi connectivity index (χ1v) is 4.60. The molecule has 0 bridgehead atoms. The van der Waals surface area contributed by atoms with E-state index >= 15 is 0 Å². The minimum absolute atomic E-state index is 0.198. The van der Waals surface area contributed by atoms with Gasteiger partial charge < -0.3 is 0 Å². The summed E-state index contributed by atoms with van der Waals surface area (Å²) in [6.45, 7) is 2.82. The van der Waals surface area contributed by atoms with Crippen LogP contribution in [0.2, 0.25) is 0 Å². The number of ketones is 1. The average molecular weight is 202 g/mol. The van der Waals surface area contributed by atoms with Gasteiger partial charge in [-0.15, -0.1) is 0 Å². The van der Waals surface area contributed by atoms with Crippen molar-refractivity contribution in [2.75, 3.05) is 0 Å². The highest BCUT2D eigenvalue weighted by Gasteiger charge is 2.16. The van der Waals surface area contributed by atoms with Gasteiger partial charge in [0.2, 0.25) is 5.91 Å². The third-order valence-electron chi connectivity index (χ3n) is 2.19. The van der Waals surface area contributed by atoms with Crippen molar-refractivity contribution in [3.05, 3.63) is 30.1 Å². The van der Waals surface area contributed by atoms with Gasteiger partial charge in [0, 0.05) is 13.8 Å². The number of carbonyl (C=O) groups excluding carboxylic acids is 2. The third-order valence-corrected chi connectivity index (χ3v) is 2.19. The second kappa shape index (κ2) is 3.31. The topological polar surface area (TPSA) is 52.0 Å². The van der Waals surface area contributed by atoms with Crippen molar-refractivity contribution in [2.24, 2.45) is 0 Å². The third kappa shape index (κ3) is 1.44. The predicted molar refractivity (Wildman–Crippen MR) is 56.0 cm³/mol. The Morgan fingerprint density at radius 1 is 1.20 bits per heavy atom. The molecule has 0 fully saturated rings. The van der Waals surface area contributed by atoms with E-state index in [1.807, 2.05) is 12.1 Å². The Hall–Kier alpha value is -1.97. The van der Waals surface area contributed by atoms with Crippen LogP contribution in [0.25, 0.3) is 11.0 Å². The molecule has 1 heterocycles. The monoisotopic (exact) mass is 202 g/mol. The molecule has 0 aliphatic rings. The number of hydrogen-bond donors (Lipinski definition) is 0. The van der Waals surface area contributed by atoms with Gasteiger partial charge in [0.25, 0.3) is 0 Å². The molecule has 0 unspecified atom stereocenters. The maximum Gasteiger partial charge on any atom is 0.229 e. The molecular formula is C11H10N2O2. The van der Waals surface area contributed by atoms with Crippen LogP contribution in [0.15, 0.2) is 24.3 Å². The first-order valence-electron chi connectivity index (χ1n) is 4.60. The van der Waals surface area contributed by atoms with Crippen molar-refractivity contribution in [1.29, 1.82) is 0 Å². The van der Waals surface area contributed by atoms with Gasteiger partial charge in [-0.1, -0.05) is 12.1 Å². The number of fused-ring (bicyclic) bond motifs is 1. The fraction of sp³-hybridized carbons (Fsp3) is 0.182. The highest BCUT2D eigenvalue weighted by molar-refractivity contribution is 6.01. The predicted octanol–water partition coefficient (Wildman–Crippen LogP) is 1.90. The molecule has 4 nitrogen and oxygen atoms in total. The van der Waals surface area contributed by atoms with Crippen LogP contribution in [-0.4, -0.2) is 21.2 Å². The zero-order chi connectivity index (χ0) is 11.0. The molecule has 0 N–H and O–H groups in total. The van der Waals surface area contributed by atoms with E-state index in [1.165, 1.54) is 18.4 Å². The summed E-state index contributed by atoms with van der Waals surface area (Å²) >= 11 is 0. The second-order valence-electron chi connectivity index (χ2n) is 3.33. The lowest BCUT2D eigenvalue weighted by molar-refractivity contribution is 0.0910. The smallest absolute Gasteiger partial charge is 0.229 e. The van der Waals surface area contributed by atoms with Crippen molar-refractivity contribution in [2.45, 2.75) is 13.8 Å². The zero-order valence-corrected chi connectivity index (χ0v) is 8.52. The number of imidazole rings is 1. The Kier molecular flexibility index (Phi) is 2.11. The Balaban J connectivity index is 2.86. The minimum atomic E-state index is -0.207. The number of hydrogen-bond acceptors (Lipinski definition) is 3. The molecule has 4 heteroatoms. The van der Waals surface area contributed by atoms with Gasteiger partial charge in [-0.25, -0.2) is 4.98 Å². The van der Waals surface area contributed by atoms with E-state index in [-0.39, 0.29) is 17.5 Å². The average Bonchev–Trinajstić information content (AvgIpc) is 2.56. The fourth-order valence-electron chi connectivity index (χ4n) is 1.58. The summed E-state index contributed by atoms with van der Waals surface area (Å²) < 4.78 is 1.34. The quantitative estimate of drug-likeness (QED) is 0.663. The molecule has 0 atom stereocenters. The van der Waals surface area contributed by atoms with Crippen LogP contribution in [0.3, 0.4) is 0 Å². The summed E-state index contributed by atoms with van der Waals surface area (Å²) in [5.41, 5.74) is 1.34. The molecule has 0 amide bonds. The zero-order valence-electron chi connectivity index (χ0n) is 8.52. The van der Waals surface area contributed by atoms with Crippen molar-refractivity contribution in [3.63, 3.8) is 0 Å². The summed E-state index contributed by atoms with van der Waals surface area (Å²) in [6.07, 6.45) is 0. The Morgan fingerprint density at radius 3 is 2.47 bits per heavy atom. The lowest BCUT2D eigenvalue weighted by atomic mass is 10.3. The van der Waals surface area contributed by atoms with Crippen LogP contribution in [-0.2, 0) is 0 Å². The first kappa shape index (κ1) is 9.58. The standard InChI is InChI=1S/C11H10N2O2/c1-7(14)11-12-9-5-3-4-6-10(9)13(11)8(2)15/h3-6H,1-2H3. The molecule has 2 rings (SSSR count). The van der Waals surface area contributed by atoms with Gasteiger partial charge in [-0.2, -0.15) is 0 Å². The maximum absolute atomic E-state index is 11.4. The molecule has 1 aromatic carbocycles. The lowest BCUT2D eigenvalue weighted by Gasteiger charge is -2.00. The maximum atomic E-state index is 11.4. The van der Waals surface area contributed by atoms with Crippen LogP contribution in [0.5, 0.6) is 0 Å². The number of para-hydroxylation sites is 2. The number of rotatable bonds is 1. The number of aromatic nitrogens is 2. The van der Waals surface area contributed by atoms with Gasteiger partial charge in [0.1, 0.15) is 0 Å². The Morgan fingerprint density at radius 2 is 1.87 bits per heavy atom. The summed E-state index contributed by atoms with van der Waals surface area (Å²) in [5.74, 6) is -0.209. The summed E-state index contributed by atoms with van der Waals surface area (Å²) in [4.78, 5) is 26.8. The van der Waals surface area contributed by atoms with Crippen LogP contribution < -0.4 is 0 Å². The van der Waals surface area contributed by atoms with Crippen LogP contribution in [0, 0.1) is 0 Å². The molecule has 15 heavy (non-hydrogen) atoms. The van der Waals surface area contributed by atoms with Gasteiger partial charge >= 0.3 is 0 Å². The molecule has 0 spiro atoms. The van der Waals surface area contributed by atoms with Crippen LogP contribution in [0.1, 0.15) is 29.3 Å².